The van der Waals surface area contributed by atoms with Gasteiger partial charge in [-0.2, -0.15) is 8.78 Å². The van der Waals surface area contributed by atoms with Crippen molar-refractivity contribution in [1.29, 1.82) is 0 Å². The van der Waals surface area contributed by atoms with Gasteiger partial charge in [-0.05, 0) is 29.7 Å². The van der Waals surface area contributed by atoms with E-state index in [0.29, 0.717) is 12.5 Å². The number of rotatable bonds is 6. The van der Waals surface area contributed by atoms with Crippen LogP contribution in [0.2, 0.25) is 0 Å². The van der Waals surface area contributed by atoms with Crippen molar-refractivity contribution in [2.24, 2.45) is 4.99 Å². The third-order valence-corrected chi connectivity index (χ3v) is 4.87. The Morgan fingerprint density at radius 3 is 2.68 bits per heavy atom. The molecular formula is C21H25F2N3O2. The van der Waals surface area contributed by atoms with Crippen molar-refractivity contribution in [3.8, 4) is 11.5 Å². The molecule has 1 heterocycles. The number of nitrogens with zero attached hydrogens (tertiary/aromatic N) is 2. The Hall–Kier alpha value is -2.83. The SMILES string of the molecule is CN=C(NCc1ccc(OC)c(OC(F)F)c1)N1CCC(c2ccccc2)C1. The Balaban J connectivity index is 1.62. The summed E-state index contributed by atoms with van der Waals surface area (Å²) in [5.41, 5.74) is 2.14. The molecule has 1 aliphatic rings. The highest BCUT2D eigenvalue weighted by molar-refractivity contribution is 5.80. The van der Waals surface area contributed by atoms with Crippen molar-refractivity contribution in [3.63, 3.8) is 0 Å². The van der Waals surface area contributed by atoms with Crippen LogP contribution in [0.25, 0.3) is 0 Å². The van der Waals surface area contributed by atoms with Gasteiger partial charge in [-0.3, -0.25) is 4.99 Å². The summed E-state index contributed by atoms with van der Waals surface area (Å²) in [6.45, 7) is -0.638. The molecule has 1 unspecified atom stereocenters. The van der Waals surface area contributed by atoms with Crippen LogP contribution in [-0.4, -0.2) is 44.7 Å². The lowest BCUT2D eigenvalue weighted by Gasteiger charge is -2.22. The normalized spacial score (nSPS) is 17.1. The van der Waals surface area contributed by atoms with E-state index in [0.717, 1.165) is 31.0 Å². The highest BCUT2D eigenvalue weighted by atomic mass is 19.3. The van der Waals surface area contributed by atoms with E-state index in [1.54, 1.807) is 19.2 Å². The molecule has 1 N–H and O–H groups in total. The summed E-state index contributed by atoms with van der Waals surface area (Å²) in [4.78, 5) is 6.59. The summed E-state index contributed by atoms with van der Waals surface area (Å²) < 4.78 is 34.8. The molecule has 1 fully saturated rings. The minimum absolute atomic E-state index is 0.0251. The molecular weight excluding hydrogens is 364 g/mol. The number of methoxy groups -OCH3 is 1. The highest BCUT2D eigenvalue weighted by Crippen LogP contribution is 2.30. The molecule has 2 aromatic carbocycles. The second-order valence-electron chi connectivity index (χ2n) is 6.61. The Labute approximate surface area is 164 Å². The van der Waals surface area contributed by atoms with E-state index in [2.05, 4.69) is 44.2 Å². The van der Waals surface area contributed by atoms with Crippen LogP contribution in [0.1, 0.15) is 23.5 Å². The number of guanidine groups is 1. The molecule has 1 saturated heterocycles. The minimum atomic E-state index is -2.90. The predicted molar refractivity (Wildman–Crippen MR) is 105 cm³/mol. The van der Waals surface area contributed by atoms with Gasteiger partial charge in [0.2, 0.25) is 0 Å². The molecule has 0 aliphatic carbocycles. The van der Waals surface area contributed by atoms with E-state index in [1.807, 2.05) is 12.1 Å². The van der Waals surface area contributed by atoms with Crippen LogP contribution in [0.5, 0.6) is 11.5 Å². The van der Waals surface area contributed by atoms with Gasteiger partial charge in [-0.25, -0.2) is 0 Å². The van der Waals surface area contributed by atoms with Crippen LogP contribution >= 0.6 is 0 Å². The Morgan fingerprint density at radius 1 is 1.21 bits per heavy atom. The fourth-order valence-electron chi connectivity index (χ4n) is 3.48. The molecule has 0 radical (unpaired) electrons. The Bertz CT molecular complexity index is 799. The lowest BCUT2D eigenvalue weighted by molar-refractivity contribution is -0.0512. The van der Waals surface area contributed by atoms with Crippen molar-refractivity contribution < 1.29 is 18.3 Å². The number of nitrogens with one attached hydrogen (secondary N) is 1. The molecule has 3 rings (SSSR count). The number of aliphatic imine (C=N–C) groups is 1. The number of hydrogen-bond donors (Lipinski definition) is 1. The molecule has 1 aliphatic heterocycles. The van der Waals surface area contributed by atoms with Crippen LogP contribution in [0.3, 0.4) is 0 Å². The van der Waals surface area contributed by atoms with Gasteiger partial charge in [0, 0.05) is 32.6 Å². The standard InChI is InChI=1S/C21H25F2N3O2/c1-24-21(26-11-10-17(14-26)16-6-4-3-5-7-16)25-13-15-8-9-18(27-2)19(12-15)28-20(22)23/h3-9,12,17,20H,10-11,13-14H2,1-2H3,(H,24,25). The first-order valence-corrected chi connectivity index (χ1v) is 9.23. The van der Waals surface area contributed by atoms with Crippen molar-refractivity contribution >= 4 is 5.96 Å². The van der Waals surface area contributed by atoms with Gasteiger partial charge in [0.15, 0.2) is 17.5 Å². The maximum absolute atomic E-state index is 12.6. The maximum atomic E-state index is 12.6. The fourth-order valence-corrected chi connectivity index (χ4v) is 3.48. The average Bonchev–Trinajstić information content (AvgIpc) is 3.19. The number of ether oxygens (including phenoxy) is 2. The molecule has 0 spiro atoms. The number of alkyl halides is 2. The van der Waals surface area contributed by atoms with Gasteiger partial charge >= 0.3 is 6.61 Å². The topological polar surface area (TPSA) is 46.1 Å². The van der Waals surface area contributed by atoms with Gasteiger partial charge < -0.3 is 19.7 Å². The van der Waals surface area contributed by atoms with E-state index < -0.39 is 6.61 Å². The molecule has 7 heteroatoms. The van der Waals surface area contributed by atoms with Gasteiger partial charge in [0.05, 0.1) is 7.11 Å². The summed E-state index contributed by atoms with van der Waals surface area (Å²) in [5.74, 6) is 1.58. The van der Waals surface area contributed by atoms with Gasteiger partial charge in [-0.15, -0.1) is 0 Å². The molecule has 0 aromatic heterocycles. The zero-order valence-electron chi connectivity index (χ0n) is 16.1. The first kappa shape index (κ1) is 19.9. The zero-order valence-corrected chi connectivity index (χ0v) is 16.1. The largest absolute Gasteiger partial charge is 0.493 e. The van der Waals surface area contributed by atoms with Gasteiger partial charge in [0.1, 0.15) is 0 Å². The van der Waals surface area contributed by atoms with Gasteiger partial charge in [-0.1, -0.05) is 36.4 Å². The predicted octanol–water partition coefficient (Wildman–Crippen LogP) is 3.86. The fraction of sp³-hybridized carbons (Fsp3) is 0.381. The van der Waals surface area contributed by atoms with E-state index >= 15 is 0 Å². The van der Waals surface area contributed by atoms with Crippen LogP contribution in [0, 0.1) is 0 Å². The van der Waals surface area contributed by atoms with E-state index in [1.165, 1.54) is 12.7 Å². The Morgan fingerprint density at radius 2 is 2.00 bits per heavy atom. The lowest BCUT2D eigenvalue weighted by atomic mass is 9.99. The quantitative estimate of drug-likeness (QED) is 0.602. The van der Waals surface area contributed by atoms with Crippen LogP contribution < -0.4 is 14.8 Å². The summed E-state index contributed by atoms with van der Waals surface area (Å²) in [6, 6.07) is 15.5. The molecule has 0 amide bonds. The molecule has 150 valence electrons. The minimum Gasteiger partial charge on any atom is -0.493 e. The molecule has 2 aromatic rings. The van der Waals surface area contributed by atoms with Crippen molar-refractivity contribution in [3.05, 3.63) is 59.7 Å². The Kier molecular flexibility index (Phi) is 6.68. The highest BCUT2D eigenvalue weighted by Gasteiger charge is 2.25. The second kappa shape index (κ2) is 9.39. The number of halogens is 2. The molecule has 0 saturated carbocycles. The zero-order chi connectivity index (χ0) is 19.9. The van der Waals surface area contributed by atoms with Crippen molar-refractivity contribution in [2.75, 3.05) is 27.2 Å². The summed E-state index contributed by atoms with van der Waals surface area (Å²) in [5, 5.41) is 3.31. The van der Waals surface area contributed by atoms with Crippen LogP contribution in [0.4, 0.5) is 8.78 Å². The summed E-state index contributed by atoms with van der Waals surface area (Å²) >= 11 is 0. The van der Waals surface area contributed by atoms with Gasteiger partial charge in [0.25, 0.3) is 0 Å². The van der Waals surface area contributed by atoms with Crippen molar-refractivity contribution in [1.82, 2.24) is 10.2 Å². The number of likely N-dealkylation sites (tertiary alicyclic amines) is 1. The van der Waals surface area contributed by atoms with Crippen LogP contribution in [0.15, 0.2) is 53.5 Å². The van der Waals surface area contributed by atoms with Crippen molar-refractivity contribution in [2.45, 2.75) is 25.5 Å². The second-order valence-corrected chi connectivity index (χ2v) is 6.61. The third-order valence-electron chi connectivity index (χ3n) is 4.87. The monoisotopic (exact) mass is 389 g/mol. The van der Waals surface area contributed by atoms with E-state index in [9.17, 15) is 8.78 Å². The molecule has 0 bridgehead atoms. The maximum Gasteiger partial charge on any atom is 0.387 e. The first-order chi connectivity index (χ1) is 13.6. The summed E-state index contributed by atoms with van der Waals surface area (Å²) in [6.07, 6.45) is 1.07. The third kappa shape index (κ3) is 4.91. The summed E-state index contributed by atoms with van der Waals surface area (Å²) in [7, 11) is 3.17. The number of benzene rings is 2. The number of hydrogen-bond acceptors (Lipinski definition) is 3. The first-order valence-electron chi connectivity index (χ1n) is 9.23. The lowest BCUT2D eigenvalue weighted by Crippen LogP contribution is -2.39. The van der Waals surface area contributed by atoms with Crippen LogP contribution in [-0.2, 0) is 6.54 Å². The molecule has 5 nitrogen and oxygen atoms in total. The molecule has 28 heavy (non-hydrogen) atoms. The molecule has 1 atom stereocenters. The van der Waals surface area contributed by atoms with E-state index in [-0.39, 0.29) is 11.5 Å². The average molecular weight is 389 g/mol. The smallest absolute Gasteiger partial charge is 0.387 e. The van der Waals surface area contributed by atoms with E-state index in [4.69, 9.17) is 4.74 Å².